The summed E-state index contributed by atoms with van der Waals surface area (Å²) >= 11 is 1.27. The lowest BCUT2D eigenvalue weighted by atomic mass is 9.78. The van der Waals surface area contributed by atoms with Crippen molar-refractivity contribution in [2.45, 2.75) is 41.9 Å². The Kier molecular flexibility index (Phi) is 5.11. The summed E-state index contributed by atoms with van der Waals surface area (Å²) in [4.78, 5) is 14.7. The van der Waals surface area contributed by atoms with Crippen LogP contribution in [-0.2, 0) is 10.0 Å². The van der Waals surface area contributed by atoms with Crippen LogP contribution < -0.4 is 5.32 Å². The molecule has 1 spiro atoms. The van der Waals surface area contributed by atoms with Crippen LogP contribution in [0.3, 0.4) is 0 Å². The van der Waals surface area contributed by atoms with E-state index in [1.807, 2.05) is 23.1 Å². The maximum absolute atomic E-state index is 12.8. The summed E-state index contributed by atoms with van der Waals surface area (Å²) in [7, 11) is -3.38. The fraction of sp³-hybridized carbons (Fsp3) is 0.500. The highest BCUT2D eigenvalue weighted by atomic mass is 32.2. The molecule has 2 aliphatic heterocycles. The summed E-state index contributed by atoms with van der Waals surface area (Å²) in [6.45, 7) is 2.56. The molecular formula is C22H27N3O3S2. The van der Waals surface area contributed by atoms with E-state index in [1.165, 1.54) is 16.9 Å². The third-order valence-electron chi connectivity index (χ3n) is 6.92. The molecule has 2 aromatic rings. The van der Waals surface area contributed by atoms with Gasteiger partial charge in [0.1, 0.15) is 4.21 Å². The van der Waals surface area contributed by atoms with Crippen LogP contribution in [0.4, 0.5) is 4.79 Å². The number of sulfonamides is 1. The Morgan fingerprint density at radius 2 is 1.77 bits per heavy atom. The number of piperidine rings is 1. The van der Waals surface area contributed by atoms with Gasteiger partial charge in [-0.2, -0.15) is 4.31 Å². The van der Waals surface area contributed by atoms with Crippen LogP contribution in [0.1, 0.15) is 37.2 Å². The van der Waals surface area contributed by atoms with Crippen LogP contribution in [0, 0.1) is 5.41 Å². The SMILES string of the molecule is O=C(NC1CC1c1ccccc1)N1CCC2(CCN(S(=O)(=O)c3cccs3)CC2)C1. The second-order valence-electron chi connectivity index (χ2n) is 8.82. The minimum Gasteiger partial charge on any atom is -0.335 e. The van der Waals surface area contributed by atoms with E-state index >= 15 is 0 Å². The van der Waals surface area contributed by atoms with Gasteiger partial charge in [0.05, 0.1) is 0 Å². The van der Waals surface area contributed by atoms with Crippen LogP contribution in [-0.4, -0.2) is 55.9 Å². The molecule has 1 saturated carbocycles. The molecular weight excluding hydrogens is 418 g/mol. The normalized spacial score (nSPS) is 26.1. The smallest absolute Gasteiger partial charge is 0.317 e. The van der Waals surface area contributed by atoms with E-state index in [1.54, 1.807) is 21.8 Å². The van der Waals surface area contributed by atoms with E-state index in [9.17, 15) is 13.2 Å². The zero-order valence-corrected chi connectivity index (χ0v) is 18.5. The summed E-state index contributed by atoms with van der Waals surface area (Å²) in [5, 5.41) is 5.00. The molecule has 1 aromatic carbocycles. The van der Waals surface area contributed by atoms with E-state index in [0.29, 0.717) is 23.2 Å². The minimum absolute atomic E-state index is 0.0314. The molecule has 0 bridgehead atoms. The fourth-order valence-electron chi connectivity index (χ4n) is 4.93. The Hall–Kier alpha value is -1.90. The lowest BCUT2D eigenvalue weighted by Gasteiger charge is -2.38. The highest BCUT2D eigenvalue weighted by Gasteiger charge is 2.46. The number of hydrogen-bond donors (Lipinski definition) is 1. The van der Waals surface area contributed by atoms with Crippen molar-refractivity contribution in [2.24, 2.45) is 5.41 Å². The van der Waals surface area contributed by atoms with E-state index in [4.69, 9.17) is 0 Å². The summed E-state index contributed by atoms with van der Waals surface area (Å²) < 4.78 is 27.6. The third kappa shape index (κ3) is 3.76. The predicted octanol–water partition coefficient (Wildman–Crippen LogP) is 3.49. The zero-order valence-electron chi connectivity index (χ0n) is 16.9. The first-order valence-electron chi connectivity index (χ1n) is 10.6. The van der Waals surface area contributed by atoms with Gasteiger partial charge in [0.25, 0.3) is 10.0 Å². The molecule has 2 unspecified atom stereocenters. The van der Waals surface area contributed by atoms with Crippen molar-refractivity contribution in [1.82, 2.24) is 14.5 Å². The Morgan fingerprint density at radius 3 is 2.47 bits per heavy atom. The molecule has 1 N–H and O–H groups in total. The average Bonchev–Trinajstić information content (AvgIpc) is 3.14. The van der Waals surface area contributed by atoms with Gasteiger partial charge in [-0.25, -0.2) is 13.2 Å². The monoisotopic (exact) mass is 445 g/mol. The first-order chi connectivity index (χ1) is 14.5. The number of hydrogen-bond acceptors (Lipinski definition) is 4. The van der Waals surface area contributed by atoms with Crippen molar-refractivity contribution in [3.63, 3.8) is 0 Å². The quantitative estimate of drug-likeness (QED) is 0.783. The predicted molar refractivity (Wildman–Crippen MR) is 117 cm³/mol. The molecule has 1 aliphatic carbocycles. The van der Waals surface area contributed by atoms with Crippen molar-refractivity contribution in [1.29, 1.82) is 0 Å². The molecule has 3 aliphatic rings. The van der Waals surface area contributed by atoms with Crippen LogP contribution in [0.5, 0.6) is 0 Å². The van der Waals surface area contributed by atoms with E-state index in [-0.39, 0.29) is 17.5 Å². The highest BCUT2D eigenvalue weighted by molar-refractivity contribution is 7.91. The largest absolute Gasteiger partial charge is 0.335 e. The Balaban J connectivity index is 1.14. The average molecular weight is 446 g/mol. The second kappa shape index (κ2) is 7.66. The van der Waals surface area contributed by atoms with Gasteiger partial charge in [0, 0.05) is 38.1 Å². The number of carbonyl (C=O) groups excluding carboxylic acids is 1. The standard InChI is InChI=1S/C22H27N3O3S2/c26-21(23-19-15-18(19)17-5-2-1-3-6-17)24-11-8-22(16-24)9-12-25(13-10-22)30(27,28)20-7-4-14-29-20/h1-7,14,18-19H,8-13,15-16H2,(H,23,26). The number of likely N-dealkylation sites (tertiary alicyclic amines) is 1. The number of carbonyl (C=O) groups is 1. The van der Waals surface area contributed by atoms with Gasteiger partial charge in [0.15, 0.2) is 0 Å². The van der Waals surface area contributed by atoms with E-state index in [0.717, 1.165) is 38.8 Å². The number of thiophene rings is 1. The zero-order chi connectivity index (χ0) is 20.8. The minimum atomic E-state index is -3.38. The molecule has 3 fully saturated rings. The van der Waals surface area contributed by atoms with Crippen LogP contribution in [0.2, 0.25) is 0 Å². The summed E-state index contributed by atoms with van der Waals surface area (Å²) in [5.41, 5.74) is 1.35. The van der Waals surface area contributed by atoms with E-state index < -0.39 is 10.0 Å². The van der Waals surface area contributed by atoms with Gasteiger partial charge in [-0.15, -0.1) is 11.3 Å². The maximum Gasteiger partial charge on any atom is 0.317 e. The van der Waals surface area contributed by atoms with Crippen molar-refractivity contribution in [3.8, 4) is 0 Å². The number of amides is 2. The summed E-state index contributed by atoms with van der Waals surface area (Å²) in [5.74, 6) is 0.428. The molecule has 1 aromatic heterocycles. The molecule has 6 nitrogen and oxygen atoms in total. The summed E-state index contributed by atoms with van der Waals surface area (Å²) in [6, 6.07) is 14.1. The Morgan fingerprint density at radius 1 is 1.03 bits per heavy atom. The lowest BCUT2D eigenvalue weighted by molar-refractivity contribution is 0.154. The Labute approximate surface area is 181 Å². The van der Waals surface area contributed by atoms with Gasteiger partial charge in [-0.3, -0.25) is 0 Å². The molecule has 2 atom stereocenters. The summed E-state index contributed by atoms with van der Waals surface area (Å²) in [6.07, 6.45) is 3.60. The fourth-order valence-corrected chi connectivity index (χ4v) is 7.51. The van der Waals surface area contributed by atoms with Gasteiger partial charge in [0.2, 0.25) is 0 Å². The number of benzene rings is 1. The van der Waals surface area contributed by atoms with Crippen molar-refractivity contribution in [2.75, 3.05) is 26.2 Å². The molecule has 160 valence electrons. The van der Waals surface area contributed by atoms with Gasteiger partial charge in [-0.1, -0.05) is 36.4 Å². The van der Waals surface area contributed by atoms with Crippen molar-refractivity contribution in [3.05, 3.63) is 53.4 Å². The van der Waals surface area contributed by atoms with Gasteiger partial charge in [-0.05, 0) is 48.1 Å². The lowest BCUT2D eigenvalue weighted by Crippen LogP contribution is -2.46. The first kappa shape index (κ1) is 20.0. The molecule has 8 heteroatoms. The topological polar surface area (TPSA) is 69.7 Å². The molecule has 0 radical (unpaired) electrons. The molecule has 3 heterocycles. The molecule has 5 rings (SSSR count). The number of nitrogens with one attached hydrogen (secondary N) is 1. The second-order valence-corrected chi connectivity index (χ2v) is 11.9. The molecule has 2 amide bonds. The molecule has 30 heavy (non-hydrogen) atoms. The van der Waals surface area contributed by atoms with Gasteiger partial charge >= 0.3 is 6.03 Å². The Bertz CT molecular complexity index is 1000. The third-order valence-corrected chi connectivity index (χ3v) is 10.2. The highest BCUT2D eigenvalue weighted by Crippen LogP contribution is 2.43. The van der Waals surface area contributed by atoms with Crippen LogP contribution >= 0.6 is 11.3 Å². The first-order valence-corrected chi connectivity index (χ1v) is 12.9. The van der Waals surface area contributed by atoms with Crippen molar-refractivity contribution >= 4 is 27.4 Å². The number of urea groups is 1. The van der Waals surface area contributed by atoms with Crippen LogP contribution in [0.25, 0.3) is 0 Å². The maximum atomic E-state index is 12.8. The van der Waals surface area contributed by atoms with Gasteiger partial charge < -0.3 is 10.2 Å². The van der Waals surface area contributed by atoms with E-state index in [2.05, 4.69) is 17.4 Å². The van der Waals surface area contributed by atoms with Crippen LogP contribution in [0.15, 0.2) is 52.1 Å². The number of nitrogens with zero attached hydrogens (tertiary/aromatic N) is 2. The van der Waals surface area contributed by atoms with Crippen molar-refractivity contribution < 1.29 is 13.2 Å². The molecule has 2 saturated heterocycles. The number of rotatable bonds is 4.